The Labute approximate surface area is 153 Å². The van der Waals surface area contributed by atoms with Crippen LogP contribution in [0.3, 0.4) is 0 Å². The van der Waals surface area contributed by atoms with Crippen LogP contribution in [0.2, 0.25) is 0 Å². The highest BCUT2D eigenvalue weighted by atomic mass is 19.4. The first-order valence-corrected chi connectivity index (χ1v) is 8.47. The summed E-state index contributed by atoms with van der Waals surface area (Å²) < 4.78 is 41.0. The highest BCUT2D eigenvalue weighted by Gasteiger charge is 2.31. The van der Waals surface area contributed by atoms with Crippen LogP contribution < -0.4 is 16.7 Å². The second-order valence-corrected chi connectivity index (χ2v) is 6.16. The number of nitrogens with zero attached hydrogens (tertiary/aromatic N) is 2. The minimum Gasteiger partial charge on any atom is -0.369 e. The number of para-hydroxylation sites is 1. The van der Waals surface area contributed by atoms with Gasteiger partial charge in [-0.25, -0.2) is 4.79 Å². The number of anilines is 1. The average Bonchev–Trinajstić information content (AvgIpc) is 2.62. The number of aromatic nitrogens is 2. The van der Waals surface area contributed by atoms with E-state index in [1.807, 2.05) is 0 Å². The number of fused-ring (bicyclic) bond motifs is 1. The number of hydrogen-bond acceptors (Lipinski definition) is 4. The molecule has 0 spiro atoms. The lowest BCUT2D eigenvalue weighted by Crippen LogP contribution is -2.25. The molecule has 5 nitrogen and oxygen atoms in total. The number of nitrogens with two attached hydrogens (primary N) is 1. The predicted octanol–water partition coefficient (Wildman–Crippen LogP) is 3.47. The summed E-state index contributed by atoms with van der Waals surface area (Å²) in [7, 11) is 0. The zero-order valence-corrected chi connectivity index (χ0v) is 14.7. The molecule has 0 amide bonds. The molecule has 0 aliphatic rings. The highest BCUT2D eigenvalue weighted by molar-refractivity contribution is 5.91. The molecule has 0 fully saturated rings. The summed E-state index contributed by atoms with van der Waals surface area (Å²) in [5.74, 6) is 0.252. The van der Waals surface area contributed by atoms with Gasteiger partial charge < -0.3 is 11.1 Å². The summed E-state index contributed by atoms with van der Waals surface area (Å²) in [6.07, 6.45) is -3.87. The van der Waals surface area contributed by atoms with E-state index in [1.165, 1.54) is 10.6 Å². The third kappa shape index (κ3) is 3.80. The molecular weight excluding hydrogens is 357 g/mol. The molecule has 0 saturated carbocycles. The van der Waals surface area contributed by atoms with Crippen LogP contribution >= 0.6 is 0 Å². The fourth-order valence-corrected chi connectivity index (χ4v) is 2.89. The van der Waals surface area contributed by atoms with Crippen LogP contribution in [0.15, 0.2) is 47.3 Å². The van der Waals surface area contributed by atoms with Crippen LogP contribution in [-0.4, -0.2) is 22.6 Å². The van der Waals surface area contributed by atoms with E-state index in [0.717, 1.165) is 17.7 Å². The summed E-state index contributed by atoms with van der Waals surface area (Å²) in [4.78, 5) is 16.8. The highest BCUT2D eigenvalue weighted by Crippen LogP contribution is 2.33. The van der Waals surface area contributed by atoms with Crippen molar-refractivity contribution in [2.75, 3.05) is 18.4 Å². The summed E-state index contributed by atoms with van der Waals surface area (Å²) in [6, 6.07) is 10.3. The maximum absolute atomic E-state index is 13.2. The summed E-state index contributed by atoms with van der Waals surface area (Å²) in [6.45, 7) is 2.70. The second kappa shape index (κ2) is 7.40. The predicted molar refractivity (Wildman–Crippen MR) is 99.2 cm³/mol. The number of rotatable bonds is 5. The van der Waals surface area contributed by atoms with Gasteiger partial charge >= 0.3 is 11.9 Å². The Kier molecular flexibility index (Phi) is 5.18. The van der Waals surface area contributed by atoms with Crippen LogP contribution in [-0.2, 0) is 6.18 Å². The number of nitrogens with one attached hydrogen (secondary N) is 1. The maximum Gasteiger partial charge on any atom is 0.416 e. The van der Waals surface area contributed by atoms with E-state index in [0.29, 0.717) is 30.6 Å². The van der Waals surface area contributed by atoms with Crippen molar-refractivity contribution >= 4 is 16.7 Å². The minimum absolute atomic E-state index is 0.148. The molecule has 1 aromatic heterocycles. The van der Waals surface area contributed by atoms with Crippen molar-refractivity contribution in [3.8, 4) is 5.69 Å². The van der Waals surface area contributed by atoms with Crippen molar-refractivity contribution in [3.05, 3.63) is 64.1 Å². The molecule has 3 aromatic rings. The van der Waals surface area contributed by atoms with E-state index in [4.69, 9.17) is 5.73 Å². The van der Waals surface area contributed by atoms with Crippen molar-refractivity contribution in [2.24, 2.45) is 5.73 Å². The van der Waals surface area contributed by atoms with E-state index >= 15 is 0 Å². The molecule has 0 saturated heterocycles. The summed E-state index contributed by atoms with van der Waals surface area (Å²) in [5, 5.41) is 3.43. The molecular formula is C19H19F3N4O. The summed E-state index contributed by atoms with van der Waals surface area (Å²) in [5.41, 5.74) is 5.39. The summed E-state index contributed by atoms with van der Waals surface area (Å²) >= 11 is 0. The van der Waals surface area contributed by atoms with Gasteiger partial charge in [-0.15, -0.1) is 0 Å². The van der Waals surface area contributed by atoms with Crippen molar-refractivity contribution in [1.29, 1.82) is 0 Å². The standard InChI is InChI=1S/C19H19F3N4O/c1-12-5-2-3-6-15(12)26-16-11-13(19(20,21)22)7-8-14(16)17(25-18(26)27)24-10-4-9-23/h2-3,5-8,11H,4,9-10,23H2,1H3,(H,24,25,27). The number of hydrogen-bond donors (Lipinski definition) is 2. The maximum atomic E-state index is 13.2. The Morgan fingerprint density at radius 3 is 2.59 bits per heavy atom. The van der Waals surface area contributed by atoms with E-state index in [9.17, 15) is 18.0 Å². The quantitative estimate of drug-likeness (QED) is 0.669. The number of alkyl halides is 3. The van der Waals surface area contributed by atoms with Gasteiger partial charge in [0.2, 0.25) is 0 Å². The van der Waals surface area contributed by atoms with Crippen LogP contribution in [0.1, 0.15) is 17.5 Å². The number of halogens is 3. The van der Waals surface area contributed by atoms with Gasteiger partial charge in [-0.3, -0.25) is 4.57 Å². The van der Waals surface area contributed by atoms with E-state index in [2.05, 4.69) is 10.3 Å². The zero-order valence-electron chi connectivity index (χ0n) is 14.7. The molecule has 2 aromatic carbocycles. The minimum atomic E-state index is -4.52. The van der Waals surface area contributed by atoms with Gasteiger partial charge in [0.25, 0.3) is 0 Å². The molecule has 0 aliphatic heterocycles. The Morgan fingerprint density at radius 2 is 1.93 bits per heavy atom. The molecule has 8 heteroatoms. The normalized spacial score (nSPS) is 11.7. The van der Waals surface area contributed by atoms with Gasteiger partial charge in [0, 0.05) is 11.9 Å². The fraction of sp³-hybridized carbons (Fsp3) is 0.263. The monoisotopic (exact) mass is 376 g/mol. The van der Waals surface area contributed by atoms with E-state index < -0.39 is 17.4 Å². The lowest BCUT2D eigenvalue weighted by molar-refractivity contribution is -0.137. The van der Waals surface area contributed by atoms with Crippen molar-refractivity contribution in [3.63, 3.8) is 0 Å². The Bertz CT molecular complexity index is 1030. The van der Waals surface area contributed by atoms with Crippen molar-refractivity contribution < 1.29 is 13.2 Å². The Hall–Kier alpha value is -2.87. The molecule has 0 unspecified atom stereocenters. The third-order valence-corrected chi connectivity index (χ3v) is 4.25. The largest absolute Gasteiger partial charge is 0.416 e. The first kappa shape index (κ1) is 18.9. The molecule has 0 bridgehead atoms. The van der Waals surface area contributed by atoms with Crippen molar-refractivity contribution in [2.45, 2.75) is 19.5 Å². The molecule has 3 N–H and O–H groups in total. The lowest BCUT2D eigenvalue weighted by Gasteiger charge is -2.17. The van der Waals surface area contributed by atoms with Crippen molar-refractivity contribution in [1.82, 2.24) is 9.55 Å². The second-order valence-electron chi connectivity index (χ2n) is 6.16. The van der Waals surface area contributed by atoms with Gasteiger partial charge in [0.05, 0.1) is 16.8 Å². The van der Waals surface area contributed by atoms with E-state index in [1.54, 1.807) is 31.2 Å². The Balaban J connectivity index is 2.31. The molecule has 3 rings (SSSR count). The van der Waals surface area contributed by atoms with Gasteiger partial charge in [-0.2, -0.15) is 18.2 Å². The lowest BCUT2D eigenvalue weighted by atomic mass is 10.1. The average molecular weight is 376 g/mol. The Morgan fingerprint density at radius 1 is 1.19 bits per heavy atom. The van der Waals surface area contributed by atoms with Crippen LogP contribution in [0.25, 0.3) is 16.6 Å². The first-order valence-electron chi connectivity index (χ1n) is 8.47. The van der Waals surface area contributed by atoms with Gasteiger partial charge in [-0.05, 0) is 49.7 Å². The fourth-order valence-electron chi connectivity index (χ4n) is 2.89. The first-order chi connectivity index (χ1) is 12.8. The zero-order chi connectivity index (χ0) is 19.6. The number of aryl methyl sites for hydroxylation is 1. The number of benzene rings is 2. The van der Waals surface area contributed by atoms with Crippen LogP contribution in [0.4, 0.5) is 19.0 Å². The SMILES string of the molecule is Cc1ccccc1-n1c(=O)nc(NCCCN)c2ccc(C(F)(F)F)cc21. The molecule has 1 heterocycles. The molecule has 0 radical (unpaired) electrons. The van der Waals surface area contributed by atoms with Crippen LogP contribution in [0, 0.1) is 6.92 Å². The molecule has 142 valence electrons. The van der Waals surface area contributed by atoms with Gasteiger partial charge in [0.15, 0.2) is 0 Å². The molecule has 27 heavy (non-hydrogen) atoms. The smallest absolute Gasteiger partial charge is 0.369 e. The third-order valence-electron chi connectivity index (χ3n) is 4.25. The van der Waals surface area contributed by atoms with E-state index in [-0.39, 0.29) is 11.3 Å². The van der Waals surface area contributed by atoms with Crippen LogP contribution in [0.5, 0.6) is 0 Å². The van der Waals surface area contributed by atoms with Gasteiger partial charge in [0.1, 0.15) is 5.82 Å². The molecule has 0 atom stereocenters. The molecule has 0 aliphatic carbocycles. The topological polar surface area (TPSA) is 72.9 Å². The van der Waals surface area contributed by atoms with Gasteiger partial charge in [-0.1, -0.05) is 18.2 Å².